The van der Waals surface area contributed by atoms with Crippen LogP contribution in [0.25, 0.3) is 0 Å². The number of carbonyl (C=O) groups is 3. The van der Waals surface area contributed by atoms with Crippen molar-refractivity contribution in [3.8, 4) is 0 Å². The Morgan fingerprint density at radius 1 is 1.27 bits per heavy atom. The normalized spacial score (nSPS) is 22.8. The number of benzene rings is 1. The van der Waals surface area contributed by atoms with Crippen molar-refractivity contribution < 1.29 is 29.0 Å². The molecule has 0 radical (unpaired) electrons. The Labute approximate surface area is 151 Å². The number of nitrogens with zero attached hydrogens (tertiary/aromatic N) is 1. The van der Waals surface area contributed by atoms with Gasteiger partial charge in [-0.2, -0.15) is 0 Å². The van der Waals surface area contributed by atoms with Crippen LogP contribution < -0.4 is 5.73 Å². The molecule has 1 fully saturated rings. The summed E-state index contributed by atoms with van der Waals surface area (Å²) in [6.07, 6.45) is -1.05. The molecule has 1 amide bonds. The van der Waals surface area contributed by atoms with Crippen LogP contribution in [0.5, 0.6) is 0 Å². The highest BCUT2D eigenvalue weighted by Gasteiger charge is 2.52. The molecule has 8 nitrogen and oxygen atoms in total. The number of carboxylic acid groups (broad SMARTS) is 1. The lowest BCUT2D eigenvalue weighted by molar-refractivity contribution is -0.159. The number of aliphatic carboxylic acids is 1. The Bertz CT molecular complexity index is 685. The summed E-state index contributed by atoms with van der Waals surface area (Å²) in [6, 6.07) is 7.90. The Morgan fingerprint density at radius 3 is 2.42 bits per heavy atom. The molecule has 2 atom stereocenters. The third kappa shape index (κ3) is 4.72. The molecule has 1 aromatic carbocycles. The predicted molar refractivity (Wildman–Crippen MR) is 92.1 cm³/mol. The third-order valence-electron chi connectivity index (χ3n) is 3.93. The molecular weight excluding hydrogens is 340 g/mol. The summed E-state index contributed by atoms with van der Waals surface area (Å²) in [4.78, 5) is 37.4. The monoisotopic (exact) mass is 364 g/mol. The highest BCUT2D eigenvalue weighted by molar-refractivity contribution is 5.88. The minimum Gasteiger partial charge on any atom is -0.480 e. The molecule has 1 aliphatic heterocycles. The van der Waals surface area contributed by atoms with E-state index in [2.05, 4.69) is 0 Å². The molecule has 2 unspecified atom stereocenters. The average molecular weight is 364 g/mol. The van der Waals surface area contributed by atoms with Gasteiger partial charge in [0.1, 0.15) is 23.8 Å². The van der Waals surface area contributed by atoms with E-state index in [-0.39, 0.29) is 19.6 Å². The number of esters is 1. The second kappa shape index (κ2) is 7.33. The Hall–Kier alpha value is -2.61. The topological polar surface area (TPSA) is 119 Å². The van der Waals surface area contributed by atoms with Gasteiger partial charge in [-0.15, -0.1) is 0 Å². The summed E-state index contributed by atoms with van der Waals surface area (Å²) in [5.41, 5.74) is 4.14. The standard InChI is InChI=1S/C18H24N2O6/c1-17(2,3)26-14(21)13-9-18(19,15(22)23)11-20(13)16(24)25-10-12-7-5-4-6-8-12/h4-8,13H,9-11,19H2,1-3H3,(H,22,23). The second-order valence-corrected chi connectivity index (χ2v) is 7.38. The van der Waals surface area contributed by atoms with Gasteiger partial charge in [0.2, 0.25) is 0 Å². The fourth-order valence-corrected chi connectivity index (χ4v) is 2.66. The number of hydrogen-bond acceptors (Lipinski definition) is 6. The molecule has 0 saturated carbocycles. The third-order valence-corrected chi connectivity index (χ3v) is 3.93. The molecule has 26 heavy (non-hydrogen) atoms. The van der Waals surface area contributed by atoms with Gasteiger partial charge in [0.25, 0.3) is 0 Å². The zero-order valence-corrected chi connectivity index (χ0v) is 15.1. The number of amides is 1. The number of carboxylic acids is 1. The van der Waals surface area contributed by atoms with E-state index in [1.807, 2.05) is 6.07 Å². The van der Waals surface area contributed by atoms with Gasteiger partial charge in [-0.05, 0) is 26.3 Å². The number of rotatable bonds is 4. The number of likely N-dealkylation sites (tertiary alicyclic amines) is 1. The predicted octanol–water partition coefficient (Wildman–Crippen LogP) is 1.52. The van der Waals surface area contributed by atoms with Gasteiger partial charge in [0.15, 0.2) is 0 Å². The zero-order chi connectivity index (χ0) is 19.5. The first-order valence-electron chi connectivity index (χ1n) is 8.24. The minimum atomic E-state index is -1.73. The first-order chi connectivity index (χ1) is 12.0. The van der Waals surface area contributed by atoms with Crippen LogP contribution in [0.1, 0.15) is 32.8 Å². The van der Waals surface area contributed by atoms with Gasteiger partial charge in [0, 0.05) is 6.42 Å². The highest BCUT2D eigenvalue weighted by atomic mass is 16.6. The van der Waals surface area contributed by atoms with Gasteiger partial charge < -0.3 is 20.3 Å². The van der Waals surface area contributed by atoms with Crippen LogP contribution in [0.3, 0.4) is 0 Å². The molecule has 0 aromatic heterocycles. The fourth-order valence-electron chi connectivity index (χ4n) is 2.66. The van der Waals surface area contributed by atoms with E-state index in [0.29, 0.717) is 0 Å². The number of nitrogens with two attached hydrogens (primary N) is 1. The van der Waals surface area contributed by atoms with Crippen LogP contribution >= 0.6 is 0 Å². The van der Waals surface area contributed by atoms with Crippen molar-refractivity contribution in [2.45, 2.75) is 51.0 Å². The molecule has 2 rings (SSSR count). The van der Waals surface area contributed by atoms with E-state index in [4.69, 9.17) is 15.2 Å². The van der Waals surface area contributed by atoms with Gasteiger partial charge in [-0.3, -0.25) is 9.69 Å². The summed E-state index contributed by atoms with van der Waals surface area (Å²) in [6.45, 7) is 4.72. The number of carbonyl (C=O) groups excluding carboxylic acids is 2. The number of hydrogen-bond donors (Lipinski definition) is 2. The smallest absolute Gasteiger partial charge is 0.410 e. The lowest BCUT2D eigenvalue weighted by atomic mass is 9.97. The first kappa shape index (κ1) is 19.7. The quantitative estimate of drug-likeness (QED) is 0.777. The van der Waals surface area contributed by atoms with Gasteiger partial charge in [-0.25, -0.2) is 9.59 Å². The molecule has 1 heterocycles. The van der Waals surface area contributed by atoms with E-state index >= 15 is 0 Å². The second-order valence-electron chi connectivity index (χ2n) is 7.38. The van der Waals surface area contributed by atoms with Gasteiger partial charge >= 0.3 is 18.0 Å². The zero-order valence-electron chi connectivity index (χ0n) is 15.1. The van der Waals surface area contributed by atoms with E-state index in [1.165, 1.54) is 0 Å². The van der Waals surface area contributed by atoms with Gasteiger partial charge in [-0.1, -0.05) is 30.3 Å². The Morgan fingerprint density at radius 2 is 1.88 bits per heavy atom. The average Bonchev–Trinajstić information content (AvgIpc) is 2.92. The SMILES string of the molecule is CC(C)(C)OC(=O)C1CC(N)(C(=O)O)CN1C(=O)OCc1ccccc1. The maximum atomic E-state index is 12.5. The largest absolute Gasteiger partial charge is 0.480 e. The molecule has 3 N–H and O–H groups in total. The van der Waals surface area contributed by atoms with Crippen molar-refractivity contribution in [3.63, 3.8) is 0 Å². The van der Waals surface area contributed by atoms with Crippen molar-refractivity contribution in [2.75, 3.05) is 6.54 Å². The fraction of sp³-hybridized carbons (Fsp3) is 0.500. The minimum absolute atomic E-state index is 0.00184. The van der Waals surface area contributed by atoms with Crippen LogP contribution in [0.4, 0.5) is 4.79 Å². The maximum Gasteiger partial charge on any atom is 0.410 e. The lowest BCUT2D eigenvalue weighted by Crippen LogP contribution is -2.50. The number of ether oxygens (including phenoxy) is 2. The van der Waals surface area contributed by atoms with Crippen LogP contribution in [-0.4, -0.2) is 51.8 Å². The van der Waals surface area contributed by atoms with Crippen LogP contribution in [0.2, 0.25) is 0 Å². The summed E-state index contributed by atoms with van der Waals surface area (Å²) in [5.74, 6) is -1.99. The molecule has 142 valence electrons. The van der Waals surface area contributed by atoms with E-state index in [0.717, 1.165) is 10.5 Å². The summed E-state index contributed by atoms with van der Waals surface area (Å²) in [7, 11) is 0. The van der Waals surface area contributed by atoms with Crippen LogP contribution in [0.15, 0.2) is 30.3 Å². The van der Waals surface area contributed by atoms with Crippen LogP contribution in [0, 0.1) is 0 Å². The Balaban J connectivity index is 2.14. The maximum absolute atomic E-state index is 12.5. The van der Waals surface area contributed by atoms with E-state index in [1.54, 1.807) is 45.0 Å². The highest BCUT2D eigenvalue weighted by Crippen LogP contribution is 2.28. The molecule has 1 saturated heterocycles. The van der Waals surface area contributed by atoms with Crippen molar-refractivity contribution in [1.82, 2.24) is 4.90 Å². The van der Waals surface area contributed by atoms with Crippen molar-refractivity contribution in [2.24, 2.45) is 5.73 Å². The summed E-state index contributed by atoms with van der Waals surface area (Å²) in [5, 5.41) is 9.36. The van der Waals surface area contributed by atoms with Crippen molar-refractivity contribution >= 4 is 18.0 Å². The molecule has 1 aromatic rings. The summed E-state index contributed by atoms with van der Waals surface area (Å²) < 4.78 is 10.5. The van der Waals surface area contributed by atoms with Gasteiger partial charge in [0.05, 0.1) is 6.54 Å². The van der Waals surface area contributed by atoms with Crippen molar-refractivity contribution in [3.05, 3.63) is 35.9 Å². The lowest BCUT2D eigenvalue weighted by Gasteiger charge is -2.26. The molecular formula is C18H24N2O6. The molecule has 0 spiro atoms. The van der Waals surface area contributed by atoms with E-state index < -0.39 is 35.2 Å². The molecule has 8 heteroatoms. The summed E-state index contributed by atoms with van der Waals surface area (Å²) >= 11 is 0. The molecule has 1 aliphatic rings. The van der Waals surface area contributed by atoms with Crippen LogP contribution in [-0.2, 0) is 25.7 Å². The molecule has 0 aliphatic carbocycles. The van der Waals surface area contributed by atoms with Crippen molar-refractivity contribution in [1.29, 1.82) is 0 Å². The Kier molecular flexibility index (Phi) is 5.56. The molecule has 0 bridgehead atoms. The van der Waals surface area contributed by atoms with E-state index in [9.17, 15) is 19.5 Å². The first-order valence-corrected chi connectivity index (χ1v) is 8.24.